The Kier molecular flexibility index (Phi) is 2.95. The molecule has 0 radical (unpaired) electrons. The van der Waals surface area contributed by atoms with Crippen LogP contribution in [-0.4, -0.2) is 18.1 Å². The molecule has 0 spiro atoms. The maximum absolute atomic E-state index is 13.0. The highest BCUT2D eigenvalue weighted by Gasteiger charge is 2.08. The third kappa shape index (κ3) is 2.50. The van der Waals surface area contributed by atoms with Gasteiger partial charge in [-0.25, -0.2) is 4.39 Å². The van der Waals surface area contributed by atoms with Crippen molar-refractivity contribution < 1.29 is 13.9 Å². The fraction of sp³-hybridized carbons (Fsp3) is 0.333. The Bertz CT molecular complexity index is 325. The largest absolute Gasteiger partial charge is 0.469 e. The summed E-state index contributed by atoms with van der Waals surface area (Å²) in [5.74, 6) is -0.930. The van der Waals surface area contributed by atoms with Gasteiger partial charge in [-0.3, -0.25) is 9.78 Å². The molecule has 0 aliphatic rings. The Balaban J connectivity index is 2.87. The summed E-state index contributed by atoms with van der Waals surface area (Å²) in [6, 6.07) is 1.53. The lowest BCUT2D eigenvalue weighted by atomic mass is 10.1. The van der Waals surface area contributed by atoms with Gasteiger partial charge in [-0.1, -0.05) is 0 Å². The van der Waals surface area contributed by atoms with Gasteiger partial charge in [-0.2, -0.15) is 0 Å². The number of ether oxygens (including phenoxy) is 1. The first kappa shape index (κ1) is 9.64. The van der Waals surface area contributed by atoms with Crippen LogP contribution in [0, 0.1) is 12.7 Å². The van der Waals surface area contributed by atoms with Crippen molar-refractivity contribution in [2.75, 3.05) is 7.11 Å². The van der Waals surface area contributed by atoms with Gasteiger partial charge in [0.1, 0.15) is 5.82 Å². The second-order valence-corrected chi connectivity index (χ2v) is 2.67. The Morgan fingerprint density at radius 3 is 3.00 bits per heavy atom. The molecule has 0 saturated heterocycles. The molecule has 0 bridgehead atoms. The zero-order valence-corrected chi connectivity index (χ0v) is 7.50. The Morgan fingerprint density at radius 2 is 2.38 bits per heavy atom. The van der Waals surface area contributed by atoms with Crippen LogP contribution in [0.15, 0.2) is 12.3 Å². The number of nitrogens with zero attached hydrogens (tertiary/aromatic N) is 1. The van der Waals surface area contributed by atoms with E-state index in [1.807, 2.05) is 0 Å². The average molecular weight is 183 g/mol. The summed E-state index contributed by atoms with van der Waals surface area (Å²) in [6.45, 7) is 1.74. The van der Waals surface area contributed by atoms with Crippen LogP contribution in [0.2, 0.25) is 0 Å². The number of halogens is 1. The SMILES string of the molecule is COC(=O)Cc1cc(C)ncc1F. The van der Waals surface area contributed by atoms with Gasteiger partial charge >= 0.3 is 5.97 Å². The number of aromatic nitrogens is 1. The molecule has 0 saturated carbocycles. The van der Waals surface area contributed by atoms with E-state index in [-0.39, 0.29) is 6.42 Å². The van der Waals surface area contributed by atoms with Gasteiger partial charge in [-0.05, 0) is 13.0 Å². The minimum atomic E-state index is -0.476. The van der Waals surface area contributed by atoms with Crippen LogP contribution in [-0.2, 0) is 16.0 Å². The molecule has 1 heterocycles. The van der Waals surface area contributed by atoms with Gasteiger partial charge in [0.15, 0.2) is 0 Å². The lowest BCUT2D eigenvalue weighted by Crippen LogP contribution is -2.06. The van der Waals surface area contributed by atoms with E-state index in [2.05, 4.69) is 9.72 Å². The number of esters is 1. The van der Waals surface area contributed by atoms with E-state index >= 15 is 0 Å². The summed E-state index contributed by atoms with van der Waals surface area (Å²) >= 11 is 0. The molecule has 1 aromatic rings. The number of aryl methyl sites for hydroxylation is 1. The van der Waals surface area contributed by atoms with Gasteiger partial charge in [0, 0.05) is 11.3 Å². The van der Waals surface area contributed by atoms with E-state index in [1.54, 1.807) is 6.92 Å². The summed E-state index contributed by atoms with van der Waals surface area (Å²) in [6.07, 6.45) is 1.05. The number of carbonyl (C=O) groups is 1. The van der Waals surface area contributed by atoms with Crippen molar-refractivity contribution in [3.8, 4) is 0 Å². The quantitative estimate of drug-likeness (QED) is 0.647. The summed E-state index contributed by atoms with van der Waals surface area (Å²) in [7, 11) is 1.27. The van der Waals surface area contributed by atoms with E-state index in [1.165, 1.54) is 13.2 Å². The topological polar surface area (TPSA) is 39.2 Å². The van der Waals surface area contributed by atoms with Crippen molar-refractivity contribution >= 4 is 5.97 Å². The molecule has 3 nitrogen and oxygen atoms in total. The Morgan fingerprint density at radius 1 is 1.69 bits per heavy atom. The summed E-state index contributed by atoms with van der Waals surface area (Å²) in [4.78, 5) is 14.6. The zero-order chi connectivity index (χ0) is 9.84. The first-order valence-electron chi connectivity index (χ1n) is 3.81. The molecule has 0 unspecified atom stereocenters. The number of hydrogen-bond acceptors (Lipinski definition) is 3. The number of methoxy groups -OCH3 is 1. The molecule has 13 heavy (non-hydrogen) atoms. The molecule has 0 aliphatic heterocycles. The Hall–Kier alpha value is -1.45. The van der Waals surface area contributed by atoms with Crippen molar-refractivity contribution in [2.45, 2.75) is 13.3 Å². The zero-order valence-electron chi connectivity index (χ0n) is 7.50. The van der Waals surface area contributed by atoms with E-state index in [0.717, 1.165) is 6.20 Å². The molecule has 0 aromatic carbocycles. The van der Waals surface area contributed by atoms with Gasteiger partial charge < -0.3 is 4.74 Å². The third-order valence-electron chi connectivity index (χ3n) is 1.63. The van der Waals surface area contributed by atoms with Crippen LogP contribution in [0.1, 0.15) is 11.3 Å². The normalized spacial score (nSPS) is 9.77. The number of hydrogen-bond donors (Lipinski definition) is 0. The van der Waals surface area contributed by atoms with Gasteiger partial charge in [0.2, 0.25) is 0 Å². The molecule has 4 heteroatoms. The second kappa shape index (κ2) is 3.98. The summed E-state index contributed by atoms with van der Waals surface area (Å²) in [5, 5.41) is 0. The minimum absolute atomic E-state index is 0.0499. The first-order chi connectivity index (χ1) is 6.13. The average Bonchev–Trinajstić information content (AvgIpc) is 2.11. The van der Waals surface area contributed by atoms with Crippen LogP contribution in [0.5, 0.6) is 0 Å². The van der Waals surface area contributed by atoms with Crippen LogP contribution >= 0.6 is 0 Å². The molecule has 0 atom stereocenters. The van der Waals surface area contributed by atoms with E-state index in [9.17, 15) is 9.18 Å². The van der Waals surface area contributed by atoms with Crippen LogP contribution in [0.3, 0.4) is 0 Å². The second-order valence-electron chi connectivity index (χ2n) is 2.67. The standard InChI is InChI=1S/C9H10FNO2/c1-6-3-7(4-9(12)13-2)8(10)5-11-6/h3,5H,4H2,1-2H3. The van der Waals surface area contributed by atoms with Gasteiger partial charge in [0.25, 0.3) is 0 Å². The van der Waals surface area contributed by atoms with Gasteiger partial charge in [0.05, 0.1) is 19.7 Å². The maximum Gasteiger partial charge on any atom is 0.310 e. The maximum atomic E-state index is 13.0. The van der Waals surface area contributed by atoms with Crippen molar-refractivity contribution in [2.24, 2.45) is 0 Å². The molecule has 0 N–H and O–H groups in total. The first-order valence-corrected chi connectivity index (χ1v) is 3.81. The van der Waals surface area contributed by atoms with Crippen LogP contribution < -0.4 is 0 Å². The fourth-order valence-electron chi connectivity index (χ4n) is 0.963. The smallest absolute Gasteiger partial charge is 0.310 e. The minimum Gasteiger partial charge on any atom is -0.469 e. The van der Waals surface area contributed by atoms with Crippen molar-refractivity contribution in [1.82, 2.24) is 4.98 Å². The lowest BCUT2D eigenvalue weighted by molar-refractivity contribution is -0.139. The van der Waals surface area contributed by atoms with E-state index < -0.39 is 11.8 Å². The number of rotatable bonds is 2. The predicted molar refractivity (Wildman–Crippen MR) is 44.7 cm³/mol. The van der Waals surface area contributed by atoms with Crippen molar-refractivity contribution in [3.63, 3.8) is 0 Å². The molecule has 1 rings (SSSR count). The van der Waals surface area contributed by atoms with Crippen molar-refractivity contribution in [3.05, 3.63) is 29.3 Å². The molecule has 1 aromatic heterocycles. The molecule has 0 aliphatic carbocycles. The number of carbonyl (C=O) groups excluding carboxylic acids is 1. The van der Waals surface area contributed by atoms with Crippen molar-refractivity contribution in [1.29, 1.82) is 0 Å². The number of pyridine rings is 1. The Labute approximate surface area is 75.6 Å². The predicted octanol–water partition coefficient (Wildman–Crippen LogP) is 1.24. The molecule has 0 amide bonds. The monoisotopic (exact) mass is 183 g/mol. The highest BCUT2D eigenvalue weighted by molar-refractivity contribution is 5.72. The van der Waals surface area contributed by atoms with E-state index in [4.69, 9.17) is 0 Å². The molecular weight excluding hydrogens is 173 g/mol. The fourth-order valence-corrected chi connectivity index (χ4v) is 0.963. The van der Waals surface area contributed by atoms with Gasteiger partial charge in [-0.15, -0.1) is 0 Å². The third-order valence-corrected chi connectivity index (χ3v) is 1.63. The van der Waals surface area contributed by atoms with Crippen LogP contribution in [0.4, 0.5) is 4.39 Å². The molecule has 0 fully saturated rings. The molecule has 70 valence electrons. The van der Waals surface area contributed by atoms with Crippen LogP contribution in [0.25, 0.3) is 0 Å². The summed E-state index contributed by atoms with van der Waals surface area (Å²) < 4.78 is 17.4. The summed E-state index contributed by atoms with van der Waals surface area (Å²) in [5.41, 5.74) is 1.000. The highest BCUT2D eigenvalue weighted by atomic mass is 19.1. The lowest BCUT2D eigenvalue weighted by Gasteiger charge is -2.01. The highest BCUT2D eigenvalue weighted by Crippen LogP contribution is 2.08. The molecular formula is C9H10FNO2. The van der Waals surface area contributed by atoms with E-state index in [0.29, 0.717) is 11.3 Å².